The zero-order chi connectivity index (χ0) is 15.8. The van der Waals surface area contributed by atoms with Crippen LogP contribution in [0, 0.1) is 5.41 Å². The van der Waals surface area contributed by atoms with Crippen LogP contribution in [-0.4, -0.2) is 37.0 Å². The number of ether oxygens (including phenoxy) is 1. The first-order chi connectivity index (χ1) is 8.85. The highest BCUT2D eigenvalue weighted by Gasteiger charge is 2.43. The summed E-state index contributed by atoms with van der Waals surface area (Å²) in [4.78, 5) is 11.7. The van der Waals surface area contributed by atoms with Crippen molar-refractivity contribution < 1.29 is 17.9 Å². The van der Waals surface area contributed by atoms with Gasteiger partial charge in [0.15, 0.2) is 9.84 Å². The molecule has 2 atom stereocenters. The minimum absolute atomic E-state index is 0.218. The first kappa shape index (κ1) is 17.4. The first-order valence-electron chi connectivity index (χ1n) is 7.04. The Labute approximate surface area is 122 Å². The monoisotopic (exact) mass is 305 g/mol. The molecule has 0 bridgehead atoms. The molecule has 1 rings (SSSR count). The van der Waals surface area contributed by atoms with Gasteiger partial charge in [-0.2, -0.15) is 0 Å². The molecule has 0 spiro atoms. The van der Waals surface area contributed by atoms with Crippen molar-refractivity contribution >= 4 is 15.8 Å². The molecule has 0 amide bonds. The summed E-state index contributed by atoms with van der Waals surface area (Å²) in [6.07, 6.45) is 2.25. The largest absolute Gasteiger partial charge is 0.459 e. The zero-order valence-electron chi connectivity index (χ0n) is 13.1. The lowest BCUT2D eigenvalue weighted by atomic mass is 9.73. The van der Waals surface area contributed by atoms with Crippen molar-refractivity contribution in [3.63, 3.8) is 0 Å². The van der Waals surface area contributed by atoms with Gasteiger partial charge in [0, 0.05) is 6.04 Å². The summed E-state index contributed by atoms with van der Waals surface area (Å²) in [5.74, 6) is -1.29. The molecule has 20 heavy (non-hydrogen) atoms. The van der Waals surface area contributed by atoms with Gasteiger partial charge in [0.05, 0.1) is 5.25 Å². The molecule has 1 aliphatic carbocycles. The van der Waals surface area contributed by atoms with Crippen LogP contribution in [0.4, 0.5) is 0 Å². The highest BCUT2D eigenvalue weighted by Crippen LogP contribution is 2.37. The summed E-state index contributed by atoms with van der Waals surface area (Å²) in [6, 6.07) is -0.441. The number of hydrogen-bond donors (Lipinski definition) is 1. The van der Waals surface area contributed by atoms with Gasteiger partial charge in [0.2, 0.25) is 0 Å². The molecule has 0 radical (unpaired) electrons. The van der Waals surface area contributed by atoms with Gasteiger partial charge in [-0.25, -0.2) is 8.42 Å². The number of sulfone groups is 1. The summed E-state index contributed by atoms with van der Waals surface area (Å²) >= 11 is 0. The third kappa shape index (κ3) is 4.45. The van der Waals surface area contributed by atoms with Crippen LogP contribution < -0.4 is 5.73 Å². The molecular weight excluding hydrogens is 278 g/mol. The van der Waals surface area contributed by atoms with Gasteiger partial charge >= 0.3 is 5.97 Å². The lowest BCUT2D eigenvalue weighted by Crippen LogP contribution is -2.53. The van der Waals surface area contributed by atoms with E-state index in [1.54, 1.807) is 20.8 Å². The van der Waals surface area contributed by atoms with E-state index in [0.29, 0.717) is 6.42 Å². The lowest BCUT2D eigenvalue weighted by molar-refractivity contribution is -0.151. The van der Waals surface area contributed by atoms with Crippen molar-refractivity contribution in [2.24, 2.45) is 11.1 Å². The van der Waals surface area contributed by atoms with Gasteiger partial charge in [-0.15, -0.1) is 0 Å². The van der Waals surface area contributed by atoms with Crippen LogP contribution in [-0.2, 0) is 19.4 Å². The fourth-order valence-electron chi connectivity index (χ4n) is 2.65. The normalized spacial score (nSPS) is 27.1. The Morgan fingerprint density at radius 3 is 2.40 bits per heavy atom. The predicted molar refractivity (Wildman–Crippen MR) is 79.0 cm³/mol. The number of carbonyl (C=O) groups excluding carboxylic acids is 1. The van der Waals surface area contributed by atoms with Crippen molar-refractivity contribution in [1.82, 2.24) is 0 Å². The van der Waals surface area contributed by atoms with Crippen molar-refractivity contribution in [1.29, 1.82) is 0 Å². The average molecular weight is 305 g/mol. The third-order valence-corrected chi connectivity index (χ3v) is 5.90. The SMILES string of the molecule is CC(C)(C)OC(=O)CS(=O)(=O)C1CCCC(C)(C)C1N. The van der Waals surface area contributed by atoms with Gasteiger partial charge in [-0.05, 0) is 39.0 Å². The van der Waals surface area contributed by atoms with E-state index in [0.717, 1.165) is 12.8 Å². The van der Waals surface area contributed by atoms with Gasteiger partial charge in [0.25, 0.3) is 0 Å². The molecule has 5 nitrogen and oxygen atoms in total. The molecule has 0 aromatic rings. The number of nitrogens with two attached hydrogens (primary N) is 1. The van der Waals surface area contributed by atoms with Gasteiger partial charge in [-0.1, -0.05) is 20.3 Å². The minimum Gasteiger partial charge on any atom is -0.459 e. The summed E-state index contributed by atoms with van der Waals surface area (Å²) in [5.41, 5.74) is 5.22. The predicted octanol–water partition coefficient (Wildman–Crippen LogP) is 1.65. The molecule has 2 unspecified atom stereocenters. The van der Waals surface area contributed by atoms with Crippen LogP contribution >= 0.6 is 0 Å². The fourth-order valence-corrected chi connectivity index (χ4v) is 4.60. The van der Waals surface area contributed by atoms with Gasteiger partial charge < -0.3 is 10.5 Å². The van der Waals surface area contributed by atoms with Gasteiger partial charge in [0.1, 0.15) is 11.4 Å². The van der Waals surface area contributed by atoms with Crippen LogP contribution in [0.3, 0.4) is 0 Å². The van der Waals surface area contributed by atoms with Crippen LogP contribution in [0.1, 0.15) is 53.9 Å². The Morgan fingerprint density at radius 1 is 1.35 bits per heavy atom. The molecule has 0 aromatic carbocycles. The second kappa shape index (κ2) is 5.64. The second-order valence-electron chi connectivity index (χ2n) is 7.34. The summed E-state index contributed by atoms with van der Waals surface area (Å²) in [6.45, 7) is 9.10. The van der Waals surface area contributed by atoms with Crippen molar-refractivity contribution in [2.75, 3.05) is 5.75 Å². The molecule has 2 N–H and O–H groups in total. The standard InChI is InChI=1S/C14H27NO4S/c1-13(2,3)19-11(16)9-20(17,18)10-7-6-8-14(4,5)12(10)15/h10,12H,6-9,15H2,1-5H3. The smallest absolute Gasteiger partial charge is 0.321 e. The molecule has 118 valence electrons. The van der Waals surface area contributed by atoms with E-state index in [1.165, 1.54) is 0 Å². The highest BCUT2D eigenvalue weighted by atomic mass is 32.2. The summed E-state index contributed by atoms with van der Waals surface area (Å²) in [7, 11) is -3.57. The molecule has 1 saturated carbocycles. The van der Waals surface area contributed by atoms with E-state index >= 15 is 0 Å². The number of hydrogen-bond acceptors (Lipinski definition) is 5. The van der Waals surface area contributed by atoms with Crippen molar-refractivity contribution in [3.8, 4) is 0 Å². The molecule has 0 saturated heterocycles. The number of esters is 1. The van der Waals surface area contributed by atoms with E-state index in [9.17, 15) is 13.2 Å². The van der Waals surface area contributed by atoms with E-state index in [-0.39, 0.29) is 5.41 Å². The van der Waals surface area contributed by atoms with Crippen molar-refractivity contribution in [2.45, 2.75) is 70.8 Å². The molecule has 0 aliphatic heterocycles. The first-order valence-corrected chi connectivity index (χ1v) is 8.76. The van der Waals surface area contributed by atoms with E-state index < -0.39 is 38.5 Å². The van der Waals surface area contributed by atoms with Crippen molar-refractivity contribution in [3.05, 3.63) is 0 Å². The Balaban J connectivity index is 2.81. The van der Waals surface area contributed by atoms with Crippen LogP contribution in [0.2, 0.25) is 0 Å². The highest BCUT2D eigenvalue weighted by molar-refractivity contribution is 7.92. The Hall–Kier alpha value is -0.620. The average Bonchev–Trinajstić information content (AvgIpc) is 2.17. The Bertz CT molecular complexity index is 462. The maximum absolute atomic E-state index is 12.4. The zero-order valence-corrected chi connectivity index (χ0v) is 13.9. The summed E-state index contributed by atoms with van der Waals surface area (Å²) < 4.78 is 29.9. The van der Waals surface area contributed by atoms with Gasteiger partial charge in [-0.3, -0.25) is 4.79 Å². The number of carbonyl (C=O) groups is 1. The fraction of sp³-hybridized carbons (Fsp3) is 0.929. The van der Waals surface area contributed by atoms with E-state index in [1.807, 2.05) is 13.8 Å². The molecule has 0 heterocycles. The maximum atomic E-state index is 12.4. The van der Waals surface area contributed by atoms with Crippen LogP contribution in [0.25, 0.3) is 0 Å². The molecule has 1 aliphatic rings. The van der Waals surface area contributed by atoms with E-state index in [4.69, 9.17) is 10.5 Å². The van der Waals surface area contributed by atoms with E-state index in [2.05, 4.69) is 0 Å². The second-order valence-corrected chi connectivity index (χ2v) is 9.56. The topological polar surface area (TPSA) is 86.5 Å². The molecular formula is C14H27NO4S. The molecule has 6 heteroatoms. The Kier molecular flexibility index (Phi) is 4.91. The quantitative estimate of drug-likeness (QED) is 0.801. The minimum atomic E-state index is -3.57. The third-order valence-electron chi connectivity index (χ3n) is 3.81. The summed E-state index contributed by atoms with van der Waals surface area (Å²) in [5, 5.41) is -0.654. The number of rotatable bonds is 3. The van der Waals surface area contributed by atoms with Crippen LogP contribution in [0.5, 0.6) is 0 Å². The molecule has 1 fully saturated rings. The van der Waals surface area contributed by atoms with Crippen LogP contribution in [0.15, 0.2) is 0 Å². The lowest BCUT2D eigenvalue weighted by Gasteiger charge is -2.41. The maximum Gasteiger partial charge on any atom is 0.321 e. The Morgan fingerprint density at radius 2 is 1.90 bits per heavy atom. The molecule has 0 aromatic heterocycles.